The molecule has 0 aliphatic carbocycles. The number of aromatic nitrogens is 8. The molecule has 0 aliphatic rings. The van der Waals surface area contributed by atoms with E-state index in [1.807, 2.05) is 0 Å². The molecule has 2 aromatic carbocycles. The molecule has 1 unspecified atom stereocenters. The van der Waals surface area contributed by atoms with Crippen molar-refractivity contribution in [3.63, 3.8) is 0 Å². The van der Waals surface area contributed by atoms with Crippen LogP contribution in [0.1, 0.15) is 148 Å². The highest BCUT2D eigenvalue weighted by Crippen LogP contribution is 2.16. The van der Waals surface area contributed by atoms with E-state index in [0.29, 0.717) is 42.3 Å². The lowest BCUT2D eigenvalue weighted by molar-refractivity contribution is -0.140. The number of carboxylic acid groups (broad SMARTS) is 2. The second-order valence-electron chi connectivity index (χ2n) is 25.6. The molecule has 9 amide bonds. The Bertz CT molecular complexity index is 4170. The maximum Gasteiger partial charge on any atom is 0.326 e. The molecule has 112 heavy (non-hydrogen) atoms. The molecular weight excluding hydrogens is 1460 g/mol. The maximum absolute atomic E-state index is 13.4. The van der Waals surface area contributed by atoms with Crippen molar-refractivity contribution in [2.75, 3.05) is 114 Å². The van der Waals surface area contributed by atoms with Gasteiger partial charge in [-0.1, -0.05) is 44.8 Å². The molecule has 19 N–H and O–H groups in total. The minimum atomic E-state index is -1.37. The number of aliphatic carboxylic acids is 2. The summed E-state index contributed by atoms with van der Waals surface area (Å²) >= 11 is 0. The summed E-state index contributed by atoms with van der Waals surface area (Å²) in [4.78, 5) is 181. The van der Waals surface area contributed by atoms with E-state index >= 15 is 0 Å². The van der Waals surface area contributed by atoms with Gasteiger partial charge in [0.25, 0.3) is 22.9 Å². The van der Waals surface area contributed by atoms with Crippen molar-refractivity contribution in [1.29, 1.82) is 0 Å². The molecule has 0 aliphatic heterocycles. The number of ether oxygens (including phenoxy) is 4. The van der Waals surface area contributed by atoms with Crippen LogP contribution in [-0.4, -0.2) is 220 Å². The summed E-state index contributed by atoms with van der Waals surface area (Å²) in [6.45, 7) is 4.91. The van der Waals surface area contributed by atoms with Crippen molar-refractivity contribution in [2.45, 2.75) is 147 Å². The van der Waals surface area contributed by atoms with E-state index in [1.54, 1.807) is 24.3 Å². The Hall–Kier alpha value is -11.8. The Labute approximate surface area is 645 Å². The van der Waals surface area contributed by atoms with E-state index in [-0.39, 0.29) is 182 Å². The zero-order valence-corrected chi connectivity index (χ0v) is 62.8. The second-order valence-corrected chi connectivity index (χ2v) is 25.6. The van der Waals surface area contributed by atoms with Crippen LogP contribution >= 0.6 is 0 Å². The number of H-pyrrole nitrogens is 2. The molecule has 0 fully saturated rings. The first-order valence-corrected chi connectivity index (χ1v) is 37.3. The SMILES string of the molecule is CCCCCNC(=O)NCCCC/C=C\CCCCCCC(=O)NC(CC(=O)NCCOCCOCCNC(=O)CC[C@H](NC(=O)c1ccc(NCc2cnc3nc(N)[nH]c(=O)c3n2)cc1)C(=O)O)C(=O)NCCOCCOCCNC(=O)CC[C@H](NC(=O)c1ccc(NCc2cnc3nc(N)[nH]c(=O)c3n2)cc1)C(=O)O. The minimum absolute atomic E-state index is 0.0214. The van der Waals surface area contributed by atoms with Crippen molar-refractivity contribution in [2.24, 2.45) is 0 Å². The fourth-order valence-corrected chi connectivity index (χ4v) is 10.6. The molecule has 608 valence electrons. The second kappa shape index (κ2) is 50.8. The number of amides is 9. The zero-order valence-electron chi connectivity index (χ0n) is 62.8. The normalized spacial score (nSPS) is 11.9. The first-order valence-electron chi connectivity index (χ1n) is 37.3. The number of carbonyl (C=O) groups excluding carboxylic acids is 8. The third kappa shape index (κ3) is 35.2. The zero-order chi connectivity index (χ0) is 80.7. The monoisotopic (exact) mass is 1560 g/mol. The summed E-state index contributed by atoms with van der Waals surface area (Å²) in [5, 5.41) is 49.8. The van der Waals surface area contributed by atoms with E-state index in [2.05, 4.69) is 117 Å². The first-order chi connectivity index (χ1) is 54.1. The van der Waals surface area contributed by atoms with Gasteiger partial charge in [0, 0.05) is 81.0 Å². The number of rotatable bonds is 56. The molecule has 6 aromatic rings. The van der Waals surface area contributed by atoms with Gasteiger partial charge >= 0.3 is 18.0 Å². The molecule has 0 bridgehead atoms. The van der Waals surface area contributed by atoms with Crippen LogP contribution in [0, 0.1) is 0 Å². The summed E-state index contributed by atoms with van der Waals surface area (Å²) in [7, 11) is 0. The standard InChI is InChI=1S/C73H103N21O18/c1-2-3-13-28-80-73(108)81-29-14-11-9-7-5-4-6-8-10-12-15-58(97)88-55(66(101)79-33-37-112-41-40-110-35-31-77-57(96)27-25-54(70(106)107)90-65(100)48-18-22-50(23-19-48)83-44-52-46-85-63-61(87-52)68(103)94-72(75)92-63)42-59(98)78-32-36-111-39-38-109-34-30-76-56(95)26-24-53(69(104)105)89-64(99)47-16-20-49(21-17-47)82-43-51-45-84-62-60(86-51)67(102)93-71(74)91-62/h5,7,16-23,45-46,53-55,82-83H,2-4,6,8-15,24-44H2,1H3,(H,76,95)(H,77,96)(H,78,98)(H,79,101)(H,88,97)(H,89,99)(H,90,100)(H,104,105)(H,106,107)(H2,80,81,108)(H3,74,84,91,93,102)(H3,75,85,92,94,103)/b7-5-/t53-,54-,55?/m0/s1. The van der Waals surface area contributed by atoms with E-state index in [9.17, 15) is 67.7 Å². The Morgan fingerprint density at radius 1 is 0.455 bits per heavy atom. The van der Waals surface area contributed by atoms with Gasteiger partial charge < -0.3 is 99.1 Å². The Balaban J connectivity index is 0.812. The van der Waals surface area contributed by atoms with Crippen molar-refractivity contribution in [3.05, 3.63) is 116 Å². The molecule has 0 saturated heterocycles. The van der Waals surface area contributed by atoms with Crippen LogP contribution in [0.3, 0.4) is 0 Å². The average Bonchev–Trinajstić information content (AvgIpc) is 0.817. The molecule has 0 spiro atoms. The van der Waals surface area contributed by atoms with Gasteiger partial charge in [-0.2, -0.15) is 9.97 Å². The number of urea groups is 1. The molecule has 4 aromatic heterocycles. The summed E-state index contributed by atoms with van der Waals surface area (Å²) in [6, 6.07) is 8.28. The summed E-state index contributed by atoms with van der Waals surface area (Å²) in [5.41, 5.74) is 12.7. The van der Waals surface area contributed by atoms with Gasteiger partial charge in [-0.25, -0.2) is 34.3 Å². The number of nitrogen functional groups attached to an aromatic ring is 2. The van der Waals surface area contributed by atoms with Crippen molar-refractivity contribution >= 4 is 105 Å². The van der Waals surface area contributed by atoms with Gasteiger partial charge in [-0.05, 0) is 106 Å². The highest BCUT2D eigenvalue weighted by atomic mass is 16.5. The predicted octanol–water partition coefficient (Wildman–Crippen LogP) is 1.72. The van der Waals surface area contributed by atoms with E-state index in [1.165, 1.54) is 36.7 Å². The molecule has 6 rings (SSSR count). The largest absolute Gasteiger partial charge is 0.480 e. The number of aromatic amines is 2. The minimum Gasteiger partial charge on any atom is -0.480 e. The number of carboxylic acids is 2. The molecular formula is C73H103N21O18. The van der Waals surface area contributed by atoms with Crippen LogP contribution in [-0.2, 0) is 65.6 Å². The van der Waals surface area contributed by atoms with Crippen LogP contribution in [0.2, 0.25) is 0 Å². The van der Waals surface area contributed by atoms with Crippen LogP contribution in [0.15, 0.2) is 82.7 Å². The highest BCUT2D eigenvalue weighted by Gasteiger charge is 2.26. The number of anilines is 4. The van der Waals surface area contributed by atoms with Crippen molar-refractivity contribution in [1.82, 2.24) is 87.7 Å². The van der Waals surface area contributed by atoms with Gasteiger partial charge in [-0.15, -0.1) is 0 Å². The van der Waals surface area contributed by atoms with Gasteiger partial charge in [0.2, 0.25) is 41.4 Å². The number of unbranched alkanes of at least 4 members (excludes halogenated alkanes) is 8. The molecule has 0 saturated carbocycles. The number of nitrogens with two attached hydrogens (primary N) is 2. The van der Waals surface area contributed by atoms with Crippen LogP contribution in [0.25, 0.3) is 22.3 Å². The Kier molecular flexibility index (Phi) is 40.4. The fourth-order valence-electron chi connectivity index (χ4n) is 10.6. The molecule has 39 nitrogen and oxygen atoms in total. The van der Waals surface area contributed by atoms with Gasteiger partial charge in [-0.3, -0.25) is 53.1 Å². The number of hydrogen-bond donors (Lipinski definition) is 17. The molecule has 0 radical (unpaired) electrons. The van der Waals surface area contributed by atoms with Gasteiger partial charge in [0.15, 0.2) is 22.3 Å². The Morgan fingerprint density at radius 2 is 0.875 bits per heavy atom. The van der Waals surface area contributed by atoms with Gasteiger partial charge in [0.1, 0.15) is 18.1 Å². The van der Waals surface area contributed by atoms with Crippen LogP contribution in [0.4, 0.5) is 28.1 Å². The number of nitrogens with one attached hydrogen (secondary N) is 13. The Morgan fingerprint density at radius 3 is 1.32 bits per heavy atom. The van der Waals surface area contributed by atoms with Gasteiger partial charge in [0.05, 0.1) is 96.1 Å². The number of allylic oxidation sites excluding steroid dienone is 2. The van der Waals surface area contributed by atoms with Crippen molar-refractivity contribution in [3.8, 4) is 0 Å². The fraction of sp³-hybridized carbons (Fsp3) is 0.507. The van der Waals surface area contributed by atoms with Crippen molar-refractivity contribution < 1.29 is 77.1 Å². The number of benzene rings is 2. The average molecular weight is 1560 g/mol. The number of nitrogens with zero attached hydrogens (tertiary/aromatic N) is 6. The quantitative estimate of drug-likeness (QED) is 0.0191. The maximum atomic E-state index is 13.4. The lowest BCUT2D eigenvalue weighted by Crippen LogP contribution is -2.49. The highest BCUT2D eigenvalue weighted by molar-refractivity contribution is 5.98. The van der Waals surface area contributed by atoms with Crippen LogP contribution < -0.4 is 81.1 Å². The number of carbonyl (C=O) groups is 10. The lowest BCUT2D eigenvalue weighted by atomic mass is 10.1. The first kappa shape index (κ1) is 89.1. The molecule has 3 atom stereocenters. The molecule has 4 heterocycles. The summed E-state index contributed by atoms with van der Waals surface area (Å²) < 4.78 is 22.2. The summed E-state index contributed by atoms with van der Waals surface area (Å²) in [5.74, 6) is -6.61. The smallest absolute Gasteiger partial charge is 0.326 e. The van der Waals surface area contributed by atoms with E-state index < -0.39 is 82.5 Å². The number of fused-ring (bicyclic) bond motifs is 2. The third-order valence-electron chi connectivity index (χ3n) is 16.6. The summed E-state index contributed by atoms with van der Waals surface area (Å²) in [6.07, 6.45) is 16.1. The van der Waals surface area contributed by atoms with E-state index in [4.69, 9.17) is 30.4 Å². The third-order valence-corrected chi connectivity index (χ3v) is 16.6. The van der Waals surface area contributed by atoms with E-state index in [0.717, 1.165) is 64.2 Å². The topological polar surface area (TPSA) is 576 Å². The lowest BCUT2D eigenvalue weighted by Gasteiger charge is -2.18. The predicted molar refractivity (Wildman–Crippen MR) is 412 cm³/mol. The number of hydrogen-bond acceptors (Lipinski definition) is 26. The molecule has 39 heteroatoms. The van der Waals surface area contributed by atoms with Crippen LogP contribution in [0.5, 0.6) is 0 Å².